The first-order valence-corrected chi connectivity index (χ1v) is 9.16. The molecule has 0 amide bonds. The third-order valence-corrected chi connectivity index (χ3v) is 4.30. The molecule has 0 saturated carbocycles. The van der Waals surface area contributed by atoms with Crippen LogP contribution in [0.25, 0.3) is 0 Å². The summed E-state index contributed by atoms with van der Waals surface area (Å²) >= 11 is 6.13. The fraction of sp³-hybridized carbons (Fsp3) is 0.190. The fourth-order valence-electron chi connectivity index (χ4n) is 2.63. The number of nitriles is 1. The maximum atomic E-state index is 12.8. The zero-order valence-electron chi connectivity index (χ0n) is 15.9. The molecule has 1 aromatic heterocycles. The standard InChI is InChI=1S/C21H18ClN3O4/c1-3-28-19-9-4-14(10-15(19)11-23)13-25-21(26)20(18(22)12-24-25)29-17-7-5-16(27-2)6-8-17/h4-10,12H,3,13H2,1-2H3. The smallest absolute Gasteiger partial charge is 0.311 e. The summed E-state index contributed by atoms with van der Waals surface area (Å²) in [4.78, 5) is 12.8. The summed E-state index contributed by atoms with van der Waals surface area (Å²) < 4.78 is 17.4. The molecule has 0 unspecified atom stereocenters. The van der Waals surface area contributed by atoms with Crippen LogP contribution in [0.1, 0.15) is 18.1 Å². The van der Waals surface area contributed by atoms with Crippen LogP contribution in [-0.2, 0) is 6.54 Å². The van der Waals surface area contributed by atoms with E-state index in [1.165, 1.54) is 10.9 Å². The second kappa shape index (κ2) is 9.13. The summed E-state index contributed by atoms with van der Waals surface area (Å²) in [7, 11) is 1.56. The van der Waals surface area contributed by atoms with E-state index in [1.54, 1.807) is 49.6 Å². The van der Waals surface area contributed by atoms with Gasteiger partial charge in [-0.25, -0.2) is 4.68 Å². The van der Waals surface area contributed by atoms with Gasteiger partial charge in [-0.05, 0) is 48.9 Å². The molecule has 29 heavy (non-hydrogen) atoms. The molecule has 148 valence electrons. The molecule has 2 aromatic carbocycles. The molecule has 3 rings (SSSR count). The van der Waals surface area contributed by atoms with Gasteiger partial charge in [-0.3, -0.25) is 4.79 Å². The van der Waals surface area contributed by atoms with E-state index in [0.717, 1.165) is 5.56 Å². The first kappa shape index (κ1) is 20.2. The van der Waals surface area contributed by atoms with Crippen molar-refractivity contribution >= 4 is 11.6 Å². The van der Waals surface area contributed by atoms with E-state index in [2.05, 4.69) is 11.2 Å². The molecule has 0 atom stereocenters. The van der Waals surface area contributed by atoms with E-state index in [4.69, 9.17) is 25.8 Å². The maximum absolute atomic E-state index is 12.8. The van der Waals surface area contributed by atoms with Crippen molar-refractivity contribution in [1.82, 2.24) is 9.78 Å². The zero-order valence-corrected chi connectivity index (χ0v) is 16.6. The molecular weight excluding hydrogens is 394 g/mol. The number of aromatic nitrogens is 2. The van der Waals surface area contributed by atoms with Crippen molar-refractivity contribution in [3.63, 3.8) is 0 Å². The molecule has 8 heteroatoms. The third kappa shape index (κ3) is 4.68. The van der Waals surface area contributed by atoms with E-state index in [0.29, 0.717) is 29.4 Å². The Balaban J connectivity index is 1.88. The topological polar surface area (TPSA) is 86.4 Å². The lowest BCUT2D eigenvalue weighted by Gasteiger charge is -2.11. The Labute approximate surface area is 172 Å². The number of hydrogen-bond donors (Lipinski definition) is 0. The van der Waals surface area contributed by atoms with Gasteiger partial charge in [0.2, 0.25) is 5.75 Å². The number of benzene rings is 2. The maximum Gasteiger partial charge on any atom is 0.311 e. The van der Waals surface area contributed by atoms with Crippen LogP contribution in [0.3, 0.4) is 0 Å². The molecule has 0 saturated heterocycles. The molecule has 1 heterocycles. The summed E-state index contributed by atoms with van der Waals surface area (Å²) in [5, 5.41) is 13.5. The van der Waals surface area contributed by atoms with Gasteiger partial charge in [-0.1, -0.05) is 17.7 Å². The Morgan fingerprint density at radius 1 is 1.17 bits per heavy atom. The molecular formula is C21H18ClN3O4. The predicted octanol–water partition coefficient (Wildman–Crippen LogP) is 4.02. The molecule has 0 bridgehead atoms. The van der Waals surface area contributed by atoms with Crippen molar-refractivity contribution in [3.8, 4) is 29.1 Å². The molecule has 0 fully saturated rings. The molecule has 0 aliphatic rings. The number of ether oxygens (including phenoxy) is 3. The molecule has 0 radical (unpaired) electrons. The van der Waals surface area contributed by atoms with E-state index < -0.39 is 5.56 Å². The van der Waals surface area contributed by atoms with Crippen LogP contribution >= 0.6 is 11.6 Å². The zero-order chi connectivity index (χ0) is 20.8. The summed E-state index contributed by atoms with van der Waals surface area (Å²) in [6.07, 6.45) is 1.35. The molecule has 0 aliphatic carbocycles. The van der Waals surface area contributed by atoms with Crippen molar-refractivity contribution in [1.29, 1.82) is 5.26 Å². The highest BCUT2D eigenvalue weighted by Crippen LogP contribution is 2.26. The average molecular weight is 412 g/mol. The summed E-state index contributed by atoms with van der Waals surface area (Å²) in [6.45, 7) is 2.45. The van der Waals surface area contributed by atoms with Crippen molar-refractivity contribution in [3.05, 3.63) is 75.2 Å². The average Bonchev–Trinajstić information content (AvgIpc) is 2.74. The molecule has 0 aliphatic heterocycles. The van der Waals surface area contributed by atoms with Gasteiger partial charge in [0.15, 0.2) is 0 Å². The first-order valence-electron chi connectivity index (χ1n) is 8.79. The van der Waals surface area contributed by atoms with Crippen molar-refractivity contribution in [2.24, 2.45) is 0 Å². The van der Waals surface area contributed by atoms with Gasteiger partial charge in [0, 0.05) is 0 Å². The number of methoxy groups -OCH3 is 1. The van der Waals surface area contributed by atoms with Gasteiger partial charge in [-0.2, -0.15) is 10.4 Å². The van der Waals surface area contributed by atoms with Crippen molar-refractivity contribution in [2.75, 3.05) is 13.7 Å². The number of nitrogens with zero attached hydrogens (tertiary/aromatic N) is 3. The van der Waals surface area contributed by atoms with E-state index in [9.17, 15) is 10.1 Å². The Hall–Kier alpha value is -3.50. The quantitative estimate of drug-likeness (QED) is 0.583. The predicted molar refractivity (Wildman–Crippen MR) is 108 cm³/mol. The highest BCUT2D eigenvalue weighted by molar-refractivity contribution is 6.31. The fourth-order valence-corrected chi connectivity index (χ4v) is 2.80. The minimum Gasteiger partial charge on any atom is -0.497 e. The van der Waals surface area contributed by atoms with Crippen LogP contribution in [0, 0.1) is 11.3 Å². The lowest BCUT2D eigenvalue weighted by Crippen LogP contribution is -2.24. The first-order chi connectivity index (χ1) is 14.0. The molecule has 0 spiro atoms. The third-order valence-electron chi connectivity index (χ3n) is 4.03. The number of halogens is 1. The van der Waals surface area contributed by atoms with Crippen LogP contribution in [-0.4, -0.2) is 23.5 Å². The summed E-state index contributed by atoms with van der Waals surface area (Å²) in [6, 6.07) is 14.0. The largest absolute Gasteiger partial charge is 0.497 e. The lowest BCUT2D eigenvalue weighted by molar-refractivity contribution is 0.339. The number of hydrogen-bond acceptors (Lipinski definition) is 6. The monoisotopic (exact) mass is 411 g/mol. The Bertz CT molecular complexity index is 1100. The minimum absolute atomic E-state index is 0.0294. The van der Waals surface area contributed by atoms with Crippen molar-refractivity contribution in [2.45, 2.75) is 13.5 Å². The van der Waals surface area contributed by atoms with Crippen LogP contribution in [0.5, 0.6) is 23.0 Å². The molecule has 3 aromatic rings. The summed E-state index contributed by atoms with van der Waals surface area (Å²) in [5.41, 5.74) is 0.624. The highest BCUT2D eigenvalue weighted by atomic mass is 35.5. The Morgan fingerprint density at radius 3 is 2.55 bits per heavy atom. The van der Waals surface area contributed by atoms with Gasteiger partial charge in [0.25, 0.3) is 0 Å². The van der Waals surface area contributed by atoms with Crippen LogP contribution in [0.4, 0.5) is 0 Å². The highest BCUT2D eigenvalue weighted by Gasteiger charge is 2.14. The van der Waals surface area contributed by atoms with Crippen molar-refractivity contribution < 1.29 is 14.2 Å². The van der Waals surface area contributed by atoms with Crippen LogP contribution in [0.2, 0.25) is 5.02 Å². The van der Waals surface area contributed by atoms with Gasteiger partial charge in [0.05, 0.1) is 32.0 Å². The van der Waals surface area contributed by atoms with E-state index in [-0.39, 0.29) is 17.3 Å². The normalized spacial score (nSPS) is 10.3. The van der Waals surface area contributed by atoms with Crippen LogP contribution < -0.4 is 19.8 Å². The van der Waals surface area contributed by atoms with Gasteiger partial charge >= 0.3 is 5.56 Å². The van der Waals surface area contributed by atoms with Crippen LogP contribution in [0.15, 0.2) is 53.5 Å². The van der Waals surface area contributed by atoms with Gasteiger partial charge in [0.1, 0.15) is 28.3 Å². The molecule has 7 nitrogen and oxygen atoms in total. The van der Waals surface area contributed by atoms with Gasteiger partial charge < -0.3 is 14.2 Å². The second-order valence-electron chi connectivity index (χ2n) is 5.94. The van der Waals surface area contributed by atoms with E-state index in [1.807, 2.05) is 6.92 Å². The summed E-state index contributed by atoms with van der Waals surface area (Å²) in [5.74, 6) is 1.58. The minimum atomic E-state index is -0.485. The Kier molecular flexibility index (Phi) is 6.37. The van der Waals surface area contributed by atoms with E-state index >= 15 is 0 Å². The second-order valence-corrected chi connectivity index (χ2v) is 6.34. The number of rotatable bonds is 7. The Morgan fingerprint density at radius 2 is 1.90 bits per heavy atom. The SMILES string of the molecule is CCOc1ccc(Cn2ncc(Cl)c(Oc3ccc(OC)cc3)c2=O)cc1C#N. The van der Waals surface area contributed by atoms with Gasteiger partial charge in [-0.15, -0.1) is 0 Å². The molecule has 0 N–H and O–H groups in total. The lowest BCUT2D eigenvalue weighted by atomic mass is 10.1.